The predicted octanol–water partition coefficient (Wildman–Crippen LogP) is 1.39. The van der Waals surface area contributed by atoms with Gasteiger partial charge in [0.1, 0.15) is 9.77 Å². The molecule has 0 amide bonds. The minimum Gasteiger partial charge on any atom is -0.333 e. The van der Waals surface area contributed by atoms with Crippen LogP contribution in [-0.2, 0) is 15.6 Å². The Balaban J connectivity index is 2.01. The van der Waals surface area contributed by atoms with Gasteiger partial charge in [0, 0.05) is 14.1 Å². The van der Waals surface area contributed by atoms with Crippen molar-refractivity contribution in [3.8, 4) is 10.8 Å². The van der Waals surface area contributed by atoms with Gasteiger partial charge in [-0.15, -0.1) is 11.3 Å². The zero-order valence-electron chi connectivity index (χ0n) is 11.7. The maximum atomic E-state index is 12.3. The highest BCUT2D eigenvalue weighted by Gasteiger charge is 2.39. The normalized spacial score (nSPS) is 17.9. The molecule has 0 atom stereocenters. The van der Waals surface area contributed by atoms with Crippen molar-refractivity contribution in [3.05, 3.63) is 17.3 Å². The van der Waals surface area contributed by atoms with E-state index in [1.165, 1.54) is 25.4 Å². The first kappa shape index (κ1) is 14.6. The number of hydrogen-bond donors (Lipinski definition) is 1. The Morgan fingerprint density at radius 1 is 1.43 bits per heavy atom. The van der Waals surface area contributed by atoms with Gasteiger partial charge in [0.25, 0.3) is 5.89 Å². The molecule has 1 saturated carbocycles. The fraction of sp³-hybridized carbons (Fsp3) is 0.500. The lowest BCUT2D eigenvalue weighted by Crippen LogP contribution is -2.44. The molecule has 2 N–H and O–H groups in total. The van der Waals surface area contributed by atoms with Crippen molar-refractivity contribution >= 4 is 21.4 Å². The van der Waals surface area contributed by atoms with Gasteiger partial charge < -0.3 is 10.3 Å². The molecule has 2 aromatic heterocycles. The second-order valence-corrected chi connectivity index (χ2v) is 8.37. The molecule has 1 aliphatic carbocycles. The van der Waals surface area contributed by atoms with Gasteiger partial charge in [0.05, 0.1) is 5.54 Å². The van der Waals surface area contributed by atoms with Crippen LogP contribution >= 0.6 is 11.3 Å². The lowest BCUT2D eigenvalue weighted by atomic mass is 9.77. The lowest BCUT2D eigenvalue weighted by molar-refractivity contribution is 0.229. The summed E-state index contributed by atoms with van der Waals surface area (Å²) in [6.07, 6.45) is 2.68. The summed E-state index contributed by atoms with van der Waals surface area (Å²) in [5, 5.41) is 5.61. The molecule has 0 radical (unpaired) electrons. The van der Waals surface area contributed by atoms with E-state index < -0.39 is 15.6 Å². The van der Waals surface area contributed by atoms with Crippen molar-refractivity contribution in [2.24, 2.45) is 5.73 Å². The van der Waals surface area contributed by atoms with E-state index in [0.717, 1.165) is 23.6 Å². The molecular formula is C12H16N4O3S2. The molecule has 9 heteroatoms. The van der Waals surface area contributed by atoms with Gasteiger partial charge in [0.15, 0.2) is 5.82 Å². The quantitative estimate of drug-likeness (QED) is 0.910. The Morgan fingerprint density at radius 3 is 2.71 bits per heavy atom. The van der Waals surface area contributed by atoms with Gasteiger partial charge >= 0.3 is 0 Å². The van der Waals surface area contributed by atoms with Crippen LogP contribution in [0.5, 0.6) is 0 Å². The summed E-state index contributed by atoms with van der Waals surface area (Å²) in [5.74, 6) is 0.655. The van der Waals surface area contributed by atoms with Crippen LogP contribution < -0.4 is 5.73 Å². The molecule has 3 rings (SSSR count). The van der Waals surface area contributed by atoms with Gasteiger partial charge in [-0.3, -0.25) is 0 Å². The first-order chi connectivity index (χ1) is 9.84. The van der Waals surface area contributed by atoms with Crippen molar-refractivity contribution in [2.75, 3.05) is 14.1 Å². The van der Waals surface area contributed by atoms with Gasteiger partial charge in [-0.1, -0.05) is 5.16 Å². The molecule has 1 aliphatic rings. The number of hydrogen-bond acceptors (Lipinski definition) is 7. The van der Waals surface area contributed by atoms with E-state index in [-0.39, 0.29) is 10.8 Å². The number of nitrogens with zero attached hydrogens (tertiary/aromatic N) is 3. The minimum absolute atomic E-state index is 0.174. The Morgan fingerprint density at radius 2 is 2.14 bits per heavy atom. The number of aromatic nitrogens is 2. The first-order valence-electron chi connectivity index (χ1n) is 6.48. The molecule has 7 nitrogen and oxygen atoms in total. The standard InChI is InChI=1S/C12H16N4O3S2/c1-16(2)21(17,18)8-4-7-20-9(8)10-14-11(15-19-10)12(13)5-3-6-12/h4,7H,3,5-6,13H2,1-2H3. The lowest BCUT2D eigenvalue weighted by Gasteiger charge is -2.34. The first-order valence-corrected chi connectivity index (χ1v) is 8.80. The van der Waals surface area contributed by atoms with Crippen molar-refractivity contribution < 1.29 is 12.9 Å². The summed E-state index contributed by atoms with van der Waals surface area (Å²) in [6, 6.07) is 1.54. The predicted molar refractivity (Wildman–Crippen MR) is 78.2 cm³/mol. The molecule has 0 aromatic carbocycles. The van der Waals surface area contributed by atoms with E-state index in [4.69, 9.17) is 10.3 Å². The Hall–Kier alpha value is -1.29. The molecule has 0 bridgehead atoms. The number of rotatable bonds is 4. The fourth-order valence-electron chi connectivity index (χ4n) is 2.15. The molecule has 0 spiro atoms. The van der Waals surface area contributed by atoms with Crippen LogP contribution in [0.1, 0.15) is 25.1 Å². The summed E-state index contributed by atoms with van der Waals surface area (Å²) >= 11 is 1.25. The summed E-state index contributed by atoms with van der Waals surface area (Å²) in [7, 11) is -0.575. The highest BCUT2D eigenvalue weighted by Crippen LogP contribution is 2.39. The zero-order valence-corrected chi connectivity index (χ0v) is 13.4. The third kappa shape index (κ3) is 2.30. The van der Waals surface area contributed by atoms with E-state index >= 15 is 0 Å². The summed E-state index contributed by atoms with van der Waals surface area (Å²) < 4.78 is 30.9. The maximum absolute atomic E-state index is 12.3. The Labute approximate surface area is 126 Å². The maximum Gasteiger partial charge on any atom is 0.269 e. The van der Waals surface area contributed by atoms with E-state index in [9.17, 15) is 8.42 Å². The fourth-order valence-corrected chi connectivity index (χ4v) is 4.36. The highest BCUT2D eigenvalue weighted by molar-refractivity contribution is 7.89. The van der Waals surface area contributed by atoms with E-state index in [1.807, 2.05) is 0 Å². The largest absolute Gasteiger partial charge is 0.333 e. The smallest absolute Gasteiger partial charge is 0.269 e. The monoisotopic (exact) mass is 328 g/mol. The number of sulfonamides is 1. The zero-order chi connectivity index (χ0) is 15.3. The molecule has 0 saturated heterocycles. The van der Waals surface area contributed by atoms with Crippen LogP contribution in [0.15, 0.2) is 20.9 Å². The van der Waals surface area contributed by atoms with Gasteiger partial charge in [-0.05, 0) is 30.7 Å². The molecule has 0 unspecified atom stereocenters. The van der Waals surface area contributed by atoms with Crippen LogP contribution in [0.4, 0.5) is 0 Å². The van der Waals surface area contributed by atoms with Gasteiger partial charge in [0.2, 0.25) is 10.0 Å². The summed E-state index contributed by atoms with van der Waals surface area (Å²) in [5.41, 5.74) is 5.63. The average molecular weight is 328 g/mol. The molecule has 2 aromatic rings. The molecule has 2 heterocycles. The van der Waals surface area contributed by atoms with E-state index in [1.54, 1.807) is 11.4 Å². The highest BCUT2D eigenvalue weighted by atomic mass is 32.2. The number of thiophene rings is 1. The van der Waals surface area contributed by atoms with Gasteiger partial charge in [-0.2, -0.15) is 4.98 Å². The van der Waals surface area contributed by atoms with Crippen molar-refractivity contribution in [2.45, 2.75) is 29.7 Å². The Kier molecular flexibility index (Phi) is 3.40. The molecule has 1 fully saturated rings. The van der Waals surface area contributed by atoms with Crippen molar-refractivity contribution in [1.29, 1.82) is 0 Å². The topological polar surface area (TPSA) is 102 Å². The summed E-state index contributed by atoms with van der Waals surface area (Å²) in [4.78, 5) is 4.93. The SMILES string of the molecule is CN(C)S(=O)(=O)c1ccsc1-c1nc(C2(N)CCC2)no1. The third-order valence-electron chi connectivity index (χ3n) is 3.70. The molecular weight excluding hydrogens is 312 g/mol. The van der Waals surface area contributed by atoms with Crippen molar-refractivity contribution in [3.63, 3.8) is 0 Å². The van der Waals surface area contributed by atoms with Crippen LogP contribution in [-0.4, -0.2) is 37.0 Å². The van der Waals surface area contributed by atoms with E-state index in [2.05, 4.69) is 10.1 Å². The van der Waals surface area contributed by atoms with E-state index in [0.29, 0.717) is 10.7 Å². The molecule has 114 valence electrons. The second kappa shape index (κ2) is 4.87. The Bertz CT molecular complexity index is 759. The minimum atomic E-state index is -3.55. The number of nitrogens with two attached hydrogens (primary N) is 1. The summed E-state index contributed by atoms with van der Waals surface area (Å²) in [6.45, 7) is 0. The van der Waals surface area contributed by atoms with Gasteiger partial charge in [-0.25, -0.2) is 12.7 Å². The van der Waals surface area contributed by atoms with Crippen LogP contribution in [0, 0.1) is 0 Å². The van der Waals surface area contributed by atoms with Crippen LogP contribution in [0.2, 0.25) is 0 Å². The van der Waals surface area contributed by atoms with Crippen LogP contribution in [0.25, 0.3) is 10.8 Å². The second-order valence-electron chi connectivity index (χ2n) is 5.33. The molecule has 0 aliphatic heterocycles. The average Bonchev–Trinajstić information content (AvgIpc) is 3.04. The van der Waals surface area contributed by atoms with Crippen LogP contribution in [0.3, 0.4) is 0 Å². The third-order valence-corrected chi connectivity index (χ3v) is 6.59. The molecule has 21 heavy (non-hydrogen) atoms. The van der Waals surface area contributed by atoms with Crippen molar-refractivity contribution in [1.82, 2.24) is 14.4 Å².